The van der Waals surface area contributed by atoms with Gasteiger partial charge in [0.15, 0.2) is 0 Å². The van der Waals surface area contributed by atoms with Crippen molar-refractivity contribution in [2.75, 3.05) is 13.7 Å². The van der Waals surface area contributed by atoms with Crippen LogP contribution in [0.15, 0.2) is 23.8 Å². The van der Waals surface area contributed by atoms with Crippen LogP contribution >= 0.6 is 0 Å². The van der Waals surface area contributed by atoms with Crippen LogP contribution in [-0.4, -0.2) is 13.7 Å². The summed E-state index contributed by atoms with van der Waals surface area (Å²) in [5.74, 6) is 1.41. The van der Waals surface area contributed by atoms with E-state index >= 15 is 0 Å². The summed E-state index contributed by atoms with van der Waals surface area (Å²) in [6, 6.07) is 0. The number of ether oxygens (including phenoxy) is 1. The maximum atomic E-state index is 5.26. The van der Waals surface area contributed by atoms with Gasteiger partial charge in [0.25, 0.3) is 0 Å². The normalized spacial score (nSPS) is 38.1. The number of allylic oxidation sites excluding steroid dienone is 3. The third-order valence-electron chi connectivity index (χ3n) is 4.83. The number of hydrogen-bond donors (Lipinski definition) is 0. The van der Waals surface area contributed by atoms with Crippen LogP contribution in [-0.2, 0) is 4.74 Å². The second-order valence-electron chi connectivity index (χ2n) is 7.88. The van der Waals surface area contributed by atoms with E-state index in [4.69, 9.17) is 4.74 Å². The van der Waals surface area contributed by atoms with E-state index in [1.165, 1.54) is 19.3 Å². The Morgan fingerprint density at radius 3 is 2.53 bits per heavy atom. The maximum Gasteiger partial charge on any atom is 0.0528 e. The van der Waals surface area contributed by atoms with Crippen molar-refractivity contribution in [1.82, 2.24) is 0 Å². The highest BCUT2D eigenvalue weighted by molar-refractivity contribution is 5.31. The van der Waals surface area contributed by atoms with Crippen LogP contribution in [0, 0.1) is 22.7 Å². The summed E-state index contributed by atoms with van der Waals surface area (Å²) in [6.07, 6.45) is 12.4. The Labute approximate surface area is 119 Å². The minimum Gasteiger partial charge on any atom is -0.384 e. The molecule has 0 bridgehead atoms. The van der Waals surface area contributed by atoms with Gasteiger partial charge in [-0.2, -0.15) is 0 Å². The standard InChI is InChI=1S/C18H30O/c1-14-10-17(2,3)13-18(4,11-14)16-8-6-15(7-9-16)12-19-5/h6,8-9,14-15H,7,10-13H2,1-5H3/t14-,15?,18-/m0/s1. The first kappa shape index (κ1) is 14.8. The van der Waals surface area contributed by atoms with Crippen LogP contribution in [0.4, 0.5) is 0 Å². The van der Waals surface area contributed by atoms with Crippen molar-refractivity contribution < 1.29 is 4.74 Å². The predicted molar refractivity (Wildman–Crippen MR) is 82.1 cm³/mol. The van der Waals surface area contributed by atoms with Crippen molar-refractivity contribution in [3.63, 3.8) is 0 Å². The van der Waals surface area contributed by atoms with Gasteiger partial charge in [0.2, 0.25) is 0 Å². The minimum atomic E-state index is 0.371. The molecule has 3 atom stereocenters. The zero-order valence-electron chi connectivity index (χ0n) is 13.3. The average Bonchev–Trinajstić information content (AvgIpc) is 2.26. The lowest BCUT2D eigenvalue weighted by Crippen LogP contribution is -2.36. The Balaban J connectivity index is 2.11. The summed E-state index contributed by atoms with van der Waals surface area (Å²) >= 11 is 0. The number of rotatable bonds is 3. The van der Waals surface area contributed by atoms with Gasteiger partial charge in [0.05, 0.1) is 6.61 Å². The summed E-state index contributed by atoms with van der Waals surface area (Å²) < 4.78 is 5.26. The molecule has 0 spiro atoms. The molecule has 1 fully saturated rings. The number of hydrogen-bond acceptors (Lipinski definition) is 1. The third-order valence-corrected chi connectivity index (χ3v) is 4.83. The van der Waals surface area contributed by atoms with Crippen molar-refractivity contribution in [3.05, 3.63) is 23.8 Å². The van der Waals surface area contributed by atoms with E-state index in [-0.39, 0.29) is 0 Å². The molecule has 108 valence electrons. The van der Waals surface area contributed by atoms with Crippen molar-refractivity contribution in [1.29, 1.82) is 0 Å². The highest BCUT2D eigenvalue weighted by Crippen LogP contribution is 2.52. The molecule has 19 heavy (non-hydrogen) atoms. The summed E-state index contributed by atoms with van der Waals surface area (Å²) in [7, 11) is 1.79. The Morgan fingerprint density at radius 1 is 1.26 bits per heavy atom. The zero-order chi connectivity index (χ0) is 14.1. The Morgan fingerprint density at radius 2 is 2.00 bits per heavy atom. The SMILES string of the molecule is COCC1C=CC([C@@]2(C)C[C@@H](C)CC(C)(C)C2)=CC1. The molecule has 0 aromatic rings. The molecule has 0 aromatic heterocycles. The van der Waals surface area contributed by atoms with Crippen molar-refractivity contribution >= 4 is 0 Å². The van der Waals surface area contributed by atoms with Gasteiger partial charge in [-0.1, -0.05) is 45.9 Å². The summed E-state index contributed by atoms with van der Waals surface area (Å²) in [6.45, 7) is 10.6. The fourth-order valence-electron chi connectivity index (χ4n) is 4.66. The lowest BCUT2D eigenvalue weighted by molar-refractivity contribution is 0.0889. The Bertz CT molecular complexity index is 377. The van der Waals surface area contributed by atoms with Gasteiger partial charge in [0, 0.05) is 13.0 Å². The lowest BCUT2D eigenvalue weighted by atomic mass is 9.58. The van der Waals surface area contributed by atoms with E-state index in [9.17, 15) is 0 Å². The molecule has 0 amide bonds. The van der Waals surface area contributed by atoms with Crippen molar-refractivity contribution in [2.24, 2.45) is 22.7 Å². The van der Waals surface area contributed by atoms with Gasteiger partial charge < -0.3 is 4.74 Å². The highest BCUT2D eigenvalue weighted by atomic mass is 16.5. The van der Waals surface area contributed by atoms with Gasteiger partial charge in [-0.25, -0.2) is 0 Å². The van der Waals surface area contributed by atoms with E-state index in [0.29, 0.717) is 16.7 Å². The molecule has 1 heteroatoms. The zero-order valence-corrected chi connectivity index (χ0v) is 13.3. The summed E-state index contributed by atoms with van der Waals surface area (Å²) in [5, 5.41) is 0. The molecule has 0 saturated heterocycles. The molecular weight excluding hydrogens is 232 g/mol. The third kappa shape index (κ3) is 3.51. The fourth-order valence-corrected chi connectivity index (χ4v) is 4.66. The van der Waals surface area contributed by atoms with Crippen molar-refractivity contribution in [3.8, 4) is 0 Å². The van der Waals surface area contributed by atoms with E-state index in [2.05, 4.69) is 45.9 Å². The van der Waals surface area contributed by atoms with Crippen LogP contribution in [0.3, 0.4) is 0 Å². The second kappa shape index (κ2) is 5.44. The Kier molecular flexibility index (Phi) is 4.25. The molecule has 0 radical (unpaired) electrons. The molecule has 2 rings (SSSR count). The first-order chi connectivity index (χ1) is 8.85. The molecule has 0 aliphatic heterocycles. The predicted octanol–water partition coefficient (Wildman–Crippen LogP) is 4.99. The molecule has 0 N–H and O–H groups in total. The average molecular weight is 262 g/mol. The van der Waals surface area contributed by atoms with Gasteiger partial charge in [-0.05, 0) is 48.0 Å². The quantitative estimate of drug-likeness (QED) is 0.696. The van der Waals surface area contributed by atoms with Crippen molar-refractivity contribution in [2.45, 2.75) is 53.4 Å². The van der Waals surface area contributed by atoms with E-state index < -0.39 is 0 Å². The van der Waals surface area contributed by atoms with Crippen LogP contribution in [0.5, 0.6) is 0 Å². The maximum absolute atomic E-state index is 5.26. The molecular formula is C18H30O. The fraction of sp³-hybridized carbons (Fsp3) is 0.778. The van der Waals surface area contributed by atoms with Gasteiger partial charge in [0.1, 0.15) is 0 Å². The topological polar surface area (TPSA) is 9.23 Å². The smallest absolute Gasteiger partial charge is 0.0528 e. The van der Waals surface area contributed by atoms with E-state index in [1.807, 2.05) is 0 Å². The summed E-state index contributed by atoms with van der Waals surface area (Å²) in [5.41, 5.74) is 2.42. The highest BCUT2D eigenvalue weighted by Gasteiger charge is 2.41. The monoisotopic (exact) mass is 262 g/mol. The molecule has 2 aliphatic carbocycles. The molecule has 1 nitrogen and oxygen atoms in total. The van der Waals surface area contributed by atoms with Crippen LogP contribution < -0.4 is 0 Å². The van der Waals surface area contributed by atoms with E-state index in [1.54, 1.807) is 12.7 Å². The molecule has 1 unspecified atom stereocenters. The Hall–Kier alpha value is -0.560. The van der Waals surface area contributed by atoms with Crippen LogP contribution in [0.1, 0.15) is 53.4 Å². The largest absolute Gasteiger partial charge is 0.384 e. The van der Waals surface area contributed by atoms with Crippen LogP contribution in [0.25, 0.3) is 0 Å². The molecule has 2 aliphatic rings. The molecule has 0 aromatic carbocycles. The first-order valence-electron chi connectivity index (χ1n) is 7.72. The number of methoxy groups -OCH3 is 1. The minimum absolute atomic E-state index is 0.371. The molecule has 0 heterocycles. The van der Waals surface area contributed by atoms with Gasteiger partial charge in [-0.15, -0.1) is 0 Å². The van der Waals surface area contributed by atoms with Gasteiger partial charge in [-0.3, -0.25) is 0 Å². The lowest BCUT2D eigenvalue weighted by Gasteiger charge is -2.47. The molecule has 1 saturated carbocycles. The first-order valence-corrected chi connectivity index (χ1v) is 7.72. The van der Waals surface area contributed by atoms with E-state index in [0.717, 1.165) is 18.9 Å². The second-order valence-corrected chi connectivity index (χ2v) is 7.88. The summed E-state index contributed by atoms with van der Waals surface area (Å²) in [4.78, 5) is 0. The van der Waals surface area contributed by atoms with Gasteiger partial charge >= 0.3 is 0 Å². The van der Waals surface area contributed by atoms with Crippen LogP contribution in [0.2, 0.25) is 0 Å².